The van der Waals surface area contributed by atoms with Gasteiger partial charge >= 0.3 is 0 Å². The molecule has 1 atom stereocenters. The summed E-state index contributed by atoms with van der Waals surface area (Å²) in [5.41, 5.74) is 6.60. The quantitative estimate of drug-likeness (QED) is 0.789. The van der Waals surface area contributed by atoms with Gasteiger partial charge in [0.1, 0.15) is 6.10 Å². The van der Waals surface area contributed by atoms with Crippen LogP contribution in [0.25, 0.3) is 0 Å². The van der Waals surface area contributed by atoms with Gasteiger partial charge in [-0.1, -0.05) is 6.07 Å². The molecule has 0 radical (unpaired) electrons. The lowest BCUT2D eigenvalue weighted by atomic mass is 10.2. The van der Waals surface area contributed by atoms with E-state index in [1.165, 1.54) is 0 Å². The Bertz CT molecular complexity index is 329. The average Bonchev–Trinajstić information content (AvgIpc) is 2.65. The number of ether oxygens (including phenoxy) is 1. The third-order valence-corrected chi connectivity index (χ3v) is 2.70. The first kappa shape index (κ1) is 10.4. The summed E-state index contributed by atoms with van der Waals surface area (Å²) in [5, 5.41) is 0. The molecule has 2 rings (SSSR count). The van der Waals surface area contributed by atoms with Crippen LogP contribution in [0.2, 0.25) is 0 Å². The number of likely N-dealkylation sites (N-methyl/N-ethyl adjacent to an activating group) is 1. The minimum absolute atomic E-state index is 0.259. The number of nitrogens with two attached hydrogens (primary N) is 1. The van der Waals surface area contributed by atoms with Gasteiger partial charge in [-0.2, -0.15) is 0 Å². The van der Waals surface area contributed by atoms with E-state index < -0.39 is 0 Å². The fourth-order valence-electron chi connectivity index (χ4n) is 1.83. The topological polar surface area (TPSA) is 51.4 Å². The van der Waals surface area contributed by atoms with Crippen molar-refractivity contribution in [3.05, 3.63) is 23.9 Å². The maximum Gasteiger partial charge on any atom is 0.218 e. The van der Waals surface area contributed by atoms with Gasteiger partial charge in [-0.25, -0.2) is 4.98 Å². The number of likely N-dealkylation sites (tertiary alicyclic amines) is 1. The molecule has 2 N–H and O–H groups in total. The molecule has 0 amide bonds. The van der Waals surface area contributed by atoms with Gasteiger partial charge in [-0.05, 0) is 19.5 Å². The Hall–Kier alpha value is -1.13. The molecule has 2 heterocycles. The minimum Gasteiger partial charge on any atom is -0.473 e. The van der Waals surface area contributed by atoms with E-state index in [1.54, 1.807) is 6.20 Å². The van der Waals surface area contributed by atoms with Gasteiger partial charge in [0.05, 0.1) is 0 Å². The van der Waals surface area contributed by atoms with Crippen LogP contribution >= 0.6 is 0 Å². The van der Waals surface area contributed by atoms with Crippen molar-refractivity contribution in [2.45, 2.75) is 19.1 Å². The number of nitrogens with zero attached hydrogens (tertiary/aromatic N) is 2. The molecule has 82 valence electrons. The Kier molecular flexibility index (Phi) is 3.18. The van der Waals surface area contributed by atoms with E-state index in [4.69, 9.17) is 10.5 Å². The molecule has 1 fully saturated rings. The van der Waals surface area contributed by atoms with E-state index in [0.717, 1.165) is 25.1 Å². The Morgan fingerprint density at radius 3 is 3.20 bits per heavy atom. The maximum absolute atomic E-state index is 5.83. The molecule has 0 aliphatic carbocycles. The smallest absolute Gasteiger partial charge is 0.218 e. The van der Waals surface area contributed by atoms with Gasteiger partial charge in [0.2, 0.25) is 5.88 Å². The molecule has 1 aliphatic rings. The molecular weight excluding hydrogens is 190 g/mol. The first-order valence-electron chi connectivity index (χ1n) is 5.28. The predicted octanol–water partition coefficient (Wildman–Crippen LogP) is 0.623. The number of rotatable bonds is 3. The Morgan fingerprint density at radius 1 is 1.67 bits per heavy atom. The summed E-state index contributed by atoms with van der Waals surface area (Å²) in [4.78, 5) is 6.48. The van der Waals surface area contributed by atoms with Crippen LogP contribution in [0.15, 0.2) is 18.3 Å². The van der Waals surface area contributed by atoms with Crippen molar-refractivity contribution in [3.8, 4) is 5.88 Å². The van der Waals surface area contributed by atoms with Crippen LogP contribution in [0.4, 0.5) is 0 Å². The monoisotopic (exact) mass is 207 g/mol. The minimum atomic E-state index is 0.259. The lowest BCUT2D eigenvalue weighted by Gasteiger charge is -2.14. The summed E-state index contributed by atoms with van der Waals surface area (Å²) < 4.78 is 5.83. The molecule has 1 aromatic heterocycles. The summed E-state index contributed by atoms with van der Waals surface area (Å²) in [5.74, 6) is 0.695. The van der Waals surface area contributed by atoms with Gasteiger partial charge in [0, 0.05) is 31.4 Å². The van der Waals surface area contributed by atoms with E-state index in [0.29, 0.717) is 12.4 Å². The fourth-order valence-corrected chi connectivity index (χ4v) is 1.83. The second kappa shape index (κ2) is 4.59. The molecule has 0 spiro atoms. The van der Waals surface area contributed by atoms with Crippen molar-refractivity contribution in [3.63, 3.8) is 0 Å². The first-order valence-corrected chi connectivity index (χ1v) is 5.28. The zero-order chi connectivity index (χ0) is 10.7. The van der Waals surface area contributed by atoms with E-state index in [-0.39, 0.29) is 6.10 Å². The van der Waals surface area contributed by atoms with Crippen molar-refractivity contribution in [2.75, 3.05) is 20.1 Å². The van der Waals surface area contributed by atoms with Crippen LogP contribution < -0.4 is 10.5 Å². The van der Waals surface area contributed by atoms with Crippen LogP contribution in [-0.2, 0) is 6.54 Å². The molecule has 4 heteroatoms. The molecule has 1 aromatic rings. The average molecular weight is 207 g/mol. The zero-order valence-corrected chi connectivity index (χ0v) is 9.02. The van der Waals surface area contributed by atoms with Crippen LogP contribution in [-0.4, -0.2) is 36.1 Å². The van der Waals surface area contributed by atoms with Gasteiger partial charge in [-0.15, -0.1) is 0 Å². The summed E-state index contributed by atoms with van der Waals surface area (Å²) in [6.07, 6.45) is 3.07. The molecule has 1 aliphatic heterocycles. The number of aromatic nitrogens is 1. The van der Waals surface area contributed by atoms with E-state index in [2.05, 4.69) is 16.9 Å². The first-order chi connectivity index (χ1) is 7.29. The van der Waals surface area contributed by atoms with Crippen molar-refractivity contribution in [2.24, 2.45) is 5.73 Å². The summed E-state index contributed by atoms with van der Waals surface area (Å²) >= 11 is 0. The predicted molar refractivity (Wildman–Crippen MR) is 58.7 cm³/mol. The molecule has 4 nitrogen and oxygen atoms in total. The Morgan fingerprint density at radius 2 is 2.53 bits per heavy atom. The summed E-state index contributed by atoms with van der Waals surface area (Å²) in [6, 6.07) is 3.84. The highest BCUT2D eigenvalue weighted by atomic mass is 16.5. The maximum atomic E-state index is 5.83. The van der Waals surface area contributed by atoms with Crippen molar-refractivity contribution < 1.29 is 4.74 Å². The standard InChI is InChI=1S/C11H17N3O/c1-14-6-4-10(8-14)15-11-9(7-12)3-2-5-13-11/h2-3,5,10H,4,6-8,12H2,1H3. The number of pyridine rings is 1. The van der Waals surface area contributed by atoms with Gasteiger partial charge in [0.25, 0.3) is 0 Å². The van der Waals surface area contributed by atoms with E-state index in [1.807, 2.05) is 12.1 Å². The highest BCUT2D eigenvalue weighted by molar-refractivity contribution is 5.25. The van der Waals surface area contributed by atoms with Gasteiger partial charge in [-0.3, -0.25) is 0 Å². The molecule has 1 unspecified atom stereocenters. The lowest BCUT2D eigenvalue weighted by Crippen LogP contribution is -2.22. The molecule has 0 saturated carbocycles. The number of hydrogen-bond acceptors (Lipinski definition) is 4. The van der Waals surface area contributed by atoms with E-state index >= 15 is 0 Å². The second-order valence-corrected chi connectivity index (χ2v) is 3.96. The van der Waals surface area contributed by atoms with Crippen molar-refractivity contribution in [1.82, 2.24) is 9.88 Å². The Balaban J connectivity index is 2.04. The Labute approximate surface area is 90.0 Å². The van der Waals surface area contributed by atoms with Gasteiger partial charge < -0.3 is 15.4 Å². The van der Waals surface area contributed by atoms with E-state index in [9.17, 15) is 0 Å². The van der Waals surface area contributed by atoms with Crippen LogP contribution in [0, 0.1) is 0 Å². The van der Waals surface area contributed by atoms with Crippen molar-refractivity contribution in [1.29, 1.82) is 0 Å². The molecule has 0 aromatic carbocycles. The van der Waals surface area contributed by atoms with Crippen molar-refractivity contribution >= 4 is 0 Å². The summed E-state index contributed by atoms with van der Waals surface area (Å²) in [7, 11) is 2.10. The highest BCUT2D eigenvalue weighted by Gasteiger charge is 2.21. The molecular formula is C11H17N3O. The third kappa shape index (κ3) is 2.46. The lowest BCUT2D eigenvalue weighted by molar-refractivity contribution is 0.198. The second-order valence-electron chi connectivity index (χ2n) is 3.96. The largest absolute Gasteiger partial charge is 0.473 e. The SMILES string of the molecule is CN1CCC(Oc2ncccc2CN)C1. The highest BCUT2D eigenvalue weighted by Crippen LogP contribution is 2.18. The van der Waals surface area contributed by atoms with Crippen LogP contribution in [0.1, 0.15) is 12.0 Å². The fraction of sp³-hybridized carbons (Fsp3) is 0.545. The molecule has 15 heavy (non-hydrogen) atoms. The summed E-state index contributed by atoms with van der Waals surface area (Å²) in [6.45, 7) is 2.54. The van der Waals surface area contributed by atoms with Crippen LogP contribution in [0.5, 0.6) is 5.88 Å². The zero-order valence-electron chi connectivity index (χ0n) is 9.02. The third-order valence-electron chi connectivity index (χ3n) is 2.70. The normalized spacial score (nSPS) is 21.9. The van der Waals surface area contributed by atoms with Gasteiger partial charge in [0.15, 0.2) is 0 Å². The number of hydrogen-bond donors (Lipinski definition) is 1. The molecule has 1 saturated heterocycles. The molecule has 0 bridgehead atoms. The van der Waals surface area contributed by atoms with Crippen LogP contribution in [0.3, 0.4) is 0 Å².